The number of ether oxygens (including phenoxy) is 1. The second kappa shape index (κ2) is 6.27. The van der Waals surface area contributed by atoms with E-state index in [4.69, 9.17) is 9.84 Å². The number of hydrogen-bond donors (Lipinski definition) is 5. The average molecular weight is 249 g/mol. The van der Waals surface area contributed by atoms with E-state index in [0.717, 1.165) is 0 Å². The molecule has 1 aliphatic rings. The molecule has 1 rings (SSSR count). The van der Waals surface area contributed by atoms with Gasteiger partial charge >= 0.3 is 0 Å². The van der Waals surface area contributed by atoms with Crippen molar-refractivity contribution in [1.29, 1.82) is 0 Å². The van der Waals surface area contributed by atoms with E-state index in [0.29, 0.717) is 6.42 Å². The average Bonchev–Trinajstić information content (AvgIpc) is 2.29. The smallest absolute Gasteiger partial charge is 0.220 e. The molecule has 1 amide bonds. The van der Waals surface area contributed by atoms with Crippen LogP contribution in [0.1, 0.15) is 19.8 Å². The fraction of sp³-hybridized carbons (Fsp3) is 0.900. The van der Waals surface area contributed by atoms with Crippen molar-refractivity contribution in [2.24, 2.45) is 0 Å². The number of carbonyl (C=O) groups is 1. The molecule has 0 aromatic heterocycles. The molecule has 100 valence electrons. The first-order valence-electron chi connectivity index (χ1n) is 5.61. The highest BCUT2D eigenvalue weighted by molar-refractivity contribution is 5.76. The molecule has 0 spiro atoms. The first-order chi connectivity index (χ1) is 8.01. The summed E-state index contributed by atoms with van der Waals surface area (Å²) >= 11 is 0. The number of aliphatic hydroxyl groups excluding tert-OH is 4. The van der Waals surface area contributed by atoms with E-state index in [1.54, 1.807) is 0 Å². The minimum absolute atomic E-state index is 0.259. The molecular formula is C10H19NO6. The van der Waals surface area contributed by atoms with Gasteiger partial charge in [-0.1, -0.05) is 6.92 Å². The van der Waals surface area contributed by atoms with Crippen LogP contribution in [0, 0.1) is 0 Å². The first-order valence-corrected chi connectivity index (χ1v) is 5.61. The molecule has 7 nitrogen and oxygen atoms in total. The van der Waals surface area contributed by atoms with Gasteiger partial charge in [0.15, 0.2) is 6.29 Å². The quantitative estimate of drug-likeness (QED) is 0.382. The fourth-order valence-corrected chi connectivity index (χ4v) is 1.74. The molecule has 5 atom stereocenters. The van der Waals surface area contributed by atoms with Crippen LogP contribution in [0.15, 0.2) is 0 Å². The van der Waals surface area contributed by atoms with Gasteiger partial charge in [-0.2, -0.15) is 0 Å². The lowest BCUT2D eigenvalue weighted by molar-refractivity contribution is -0.253. The molecular weight excluding hydrogens is 230 g/mol. The van der Waals surface area contributed by atoms with Gasteiger partial charge < -0.3 is 30.5 Å². The summed E-state index contributed by atoms with van der Waals surface area (Å²) < 4.78 is 4.89. The third kappa shape index (κ3) is 3.36. The summed E-state index contributed by atoms with van der Waals surface area (Å²) in [5, 5.41) is 40.1. The minimum Gasteiger partial charge on any atom is -0.394 e. The number of nitrogens with one attached hydrogen (secondary N) is 1. The highest BCUT2D eigenvalue weighted by atomic mass is 16.6. The van der Waals surface area contributed by atoms with Gasteiger partial charge in [-0.25, -0.2) is 0 Å². The normalized spacial score (nSPS) is 37.8. The van der Waals surface area contributed by atoms with E-state index in [2.05, 4.69) is 5.32 Å². The van der Waals surface area contributed by atoms with Crippen molar-refractivity contribution in [3.8, 4) is 0 Å². The zero-order valence-corrected chi connectivity index (χ0v) is 9.61. The SMILES string of the molecule is CCCC(=O)N[C@@H]1[C@H](O)[C@H](O)[C@H](CO)O[C@@H]1O. The lowest BCUT2D eigenvalue weighted by atomic mass is 9.97. The Bertz CT molecular complexity index is 261. The van der Waals surface area contributed by atoms with E-state index < -0.39 is 37.3 Å². The highest BCUT2D eigenvalue weighted by Gasteiger charge is 2.44. The largest absolute Gasteiger partial charge is 0.394 e. The lowest BCUT2D eigenvalue weighted by Crippen LogP contribution is -2.64. The van der Waals surface area contributed by atoms with E-state index in [1.165, 1.54) is 0 Å². The van der Waals surface area contributed by atoms with Crippen molar-refractivity contribution in [1.82, 2.24) is 5.32 Å². The maximum Gasteiger partial charge on any atom is 0.220 e. The summed E-state index contributed by atoms with van der Waals surface area (Å²) in [4.78, 5) is 11.3. The third-order valence-electron chi connectivity index (χ3n) is 2.70. The molecule has 1 heterocycles. The molecule has 0 unspecified atom stereocenters. The number of aliphatic hydroxyl groups is 4. The van der Waals surface area contributed by atoms with Crippen LogP contribution < -0.4 is 5.32 Å². The maximum atomic E-state index is 11.3. The predicted octanol–water partition coefficient (Wildman–Crippen LogP) is -2.30. The highest BCUT2D eigenvalue weighted by Crippen LogP contribution is 2.19. The van der Waals surface area contributed by atoms with Crippen molar-refractivity contribution in [3.05, 3.63) is 0 Å². The van der Waals surface area contributed by atoms with Crippen LogP contribution in [-0.2, 0) is 9.53 Å². The second-order valence-corrected chi connectivity index (χ2v) is 4.07. The number of amides is 1. The van der Waals surface area contributed by atoms with Crippen molar-refractivity contribution >= 4 is 5.91 Å². The van der Waals surface area contributed by atoms with Crippen LogP contribution in [-0.4, -0.2) is 63.6 Å². The van der Waals surface area contributed by atoms with Crippen LogP contribution in [0.4, 0.5) is 0 Å². The van der Waals surface area contributed by atoms with Crippen molar-refractivity contribution < 1.29 is 30.0 Å². The molecule has 0 saturated carbocycles. The number of rotatable bonds is 4. The van der Waals surface area contributed by atoms with E-state index in [9.17, 15) is 20.1 Å². The third-order valence-corrected chi connectivity index (χ3v) is 2.70. The molecule has 17 heavy (non-hydrogen) atoms. The Morgan fingerprint density at radius 2 is 1.94 bits per heavy atom. The summed E-state index contributed by atoms with van der Waals surface area (Å²) in [5.74, 6) is -0.339. The fourth-order valence-electron chi connectivity index (χ4n) is 1.74. The molecule has 7 heteroatoms. The molecule has 1 aliphatic heterocycles. The maximum absolute atomic E-state index is 11.3. The summed E-state index contributed by atoms with van der Waals surface area (Å²) in [7, 11) is 0. The Hall–Kier alpha value is -0.730. The molecule has 0 bridgehead atoms. The standard InChI is InChI=1S/C10H19NO6/c1-2-3-6(13)11-7-9(15)8(14)5(4-12)17-10(7)16/h5,7-10,12,14-16H,2-4H2,1H3,(H,11,13)/t5-,7+,8+,9-,10-/m0/s1. The van der Waals surface area contributed by atoms with Gasteiger partial charge in [-0.05, 0) is 6.42 Å². The molecule has 0 radical (unpaired) electrons. The summed E-state index contributed by atoms with van der Waals surface area (Å²) in [5.41, 5.74) is 0. The van der Waals surface area contributed by atoms with Crippen molar-refractivity contribution in [2.45, 2.75) is 50.4 Å². The van der Waals surface area contributed by atoms with Crippen LogP contribution in [0.25, 0.3) is 0 Å². The molecule has 0 aliphatic carbocycles. The van der Waals surface area contributed by atoms with Gasteiger partial charge in [0, 0.05) is 6.42 Å². The topological polar surface area (TPSA) is 119 Å². The zero-order chi connectivity index (χ0) is 13.0. The minimum atomic E-state index is -1.45. The molecule has 1 saturated heterocycles. The van der Waals surface area contributed by atoms with Gasteiger partial charge in [0.05, 0.1) is 6.61 Å². The van der Waals surface area contributed by atoms with E-state index in [-0.39, 0.29) is 12.3 Å². The van der Waals surface area contributed by atoms with Crippen molar-refractivity contribution in [2.75, 3.05) is 6.61 Å². The summed E-state index contributed by atoms with van der Waals surface area (Å²) in [6.45, 7) is 1.30. The molecule has 1 fully saturated rings. The first kappa shape index (κ1) is 14.3. The zero-order valence-electron chi connectivity index (χ0n) is 9.61. The van der Waals surface area contributed by atoms with Gasteiger partial charge in [-0.3, -0.25) is 4.79 Å². The summed E-state index contributed by atoms with van der Waals surface area (Å²) in [6, 6.07) is -1.09. The van der Waals surface area contributed by atoms with Gasteiger partial charge in [0.2, 0.25) is 5.91 Å². The monoisotopic (exact) mass is 249 g/mol. The van der Waals surface area contributed by atoms with Crippen LogP contribution in [0.2, 0.25) is 0 Å². The van der Waals surface area contributed by atoms with Gasteiger partial charge in [-0.15, -0.1) is 0 Å². The second-order valence-electron chi connectivity index (χ2n) is 4.07. The summed E-state index contributed by atoms with van der Waals surface area (Å²) in [6.07, 6.45) is -4.35. The Balaban J connectivity index is 2.63. The Labute approximate surface area is 99.0 Å². The predicted molar refractivity (Wildman–Crippen MR) is 56.8 cm³/mol. The number of hydrogen-bond acceptors (Lipinski definition) is 6. The van der Waals surface area contributed by atoms with Gasteiger partial charge in [0.1, 0.15) is 24.4 Å². The van der Waals surface area contributed by atoms with Crippen LogP contribution in [0.3, 0.4) is 0 Å². The molecule has 0 aromatic rings. The van der Waals surface area contributed by atoms with Crippen LogP contribution >= 0.6 is 0 Å². The molecule has 0 aromatic carbocycles. The Morgan fingerprint density at radius 3 is 2.47 bits per heavy atom. The number of carbonyl (C=O) groups excluding carboxylic acids is 1. The Morgan fingerprint density at radius 1 is 1.29 bits per heavy atom. The molecule has 5 N–H and O–H groups in total. The van der Waals surface area contributed by atoms with Crippen LogP contribution in [0.5, 0.6) is 0 Å². The van der Waals surface area contributed by atoms with Crippen molar-refractivity contribution in [3.63, 3.8) is 0 Å². The van der Waals surface area contributed by atoms with Gasteiger partial charge in [0.25, 0.3) is 0 Å². The lowest BCUT2D eigenvalue weighted by Gasteiger charge is -2.40. The van der Waals surface area contributed by atoms with E-state index in [1.807, 2.05) is 6.92 Å². The Kier molecular flexibility index (Phi) is 5.29. The van der Waals surface area contributed by atoms with E-state index >= 15 is 0 Å².